The molecule has 2 heterocycles. The Bertz CT molecular complexity index is 632. The van der Waals surface area contributed by atoms with Gasteiger partial charge < -0.3 is 14.0 Å². The van der Waals surface area contributed by atoms with Crippen LogP contribution in [-0.4, -0.2) is 41.3 Å². The van der Waals surface area contributed by atoms with E-state index in [1.165, 1.54) is 0 Å². The second-order valence-electron chi connectivity index (χ2n) is 7.15. The fourth-order valence-electron chi connectivity index (χ4n) is 2.35. The smallest absolute Gasteiger partial charge is 0.399 e. The first-order valence-corrected chi connectivity index (χ1v) is 9.69. The summed E-state index contributed by atoms with van der Waals surface area (Å²) >= 11 is 0. The minimum Gasteiger partial charge on any atom is -0.399 e. The lowest BCUT2D eigenvalue weighted by molar-refractivity contribution is 0.00578. The van der Waals surface area contributed by atoms with Gasteiger partial charge in [0.25, 0.3) is 0 Å². The molecule has 1 fully saturated rings. The number of hydrogen-bond donors (Lipinski definition) is 0. The van der Waals surface area contributed by atoms with Gasteiger partial charge in [-0.25, -0.2) is 0 Å². The highest BCUT2D eigenvalue weighted by Gasteiger charge is 2.52. The lowest BCUT2D eigenvalue weighted by Gasteiger charge is -2.32. The van der Waals surface area contributed by atoms with Crippen molar-refractivity contribution in [3.63, 3.8) is 0 Å². The van der Waals surface area contributed by atoms with E-state index in [1.807, 2.05) is 83.6 Å². The zero-order valence-electron chi connectivity index (χ0n) is 18.0. The first-order valence-electron chi connectivity index (χ1n) is 9.69. The zero-order valence-corrected chi connectivity index (χ0v) is 18.0. The molecule has 1 aliphatic heterocycles. The molecule has 6 heteroatoms. The quantitative estimate of drug-likeness (QED) is 0.393. The van der Waals surface area contributed by atoms with Gasteiger partial charge in [0.2, 0.25) is 0 Å². The van der Waals surface area contributed by atoms with Crippen molar-refractivity contribution in [2.75, 3.05) is 13.2 Å². The molecular weight excluding hydrogens is 339 g/mol. The SMILES string of the molecule is C=C/C(=C\C=C/C)COCCn1cc(B2OC(C)(C)C(C)(C)O2)cn1.CC. The molecule has 2 rings (SSSR count). The lowest BCUT2D eigenvalue weighted by Crippen LogP contribution is -2.41. The molecule has 0 atom stereocenters. The molecule has 1 saturated heterocycles. The lowest BCUT2D eigenvalue weighted by atomic mass is 9.82. The molecule has 0 amide bonds. The van der Waals surface area contributed by atoms with Crippen LogP contribution in [0, 0.1) is 0 Å². The van der Waals surface area contributed by atoms with E-state index in [4.69, 9.17) is 14.0 Å². The first kappa shape index (κ1) is 23.4. The summed E-state index contributed by atoms with van der Waals surface area (Å²) in [5.74, 6) is 0. The van der Waals surface area contributed by atoms with Crippen molar-refractivity contribution in [1.29, 1.82) is 0 Å². The highest BCUT2D eigenvalue weighted by molar-refractivity contribution is 6.61. The van der Waals surface area contributed by atoms with E-state index in [0.29, 0.717) is 19.8 Å². The van der Waals surface area contributed by atoms with Gasteiger partial charge in [-0.3, -0.25) is 4.68 Å². The molecule has 0 radical (unpaired) electrons. The van der Waals surface area contributed by atoms with Crippen LogP contribution in [0.25, 0.3) is 0 Å². The van der Waals surface area contributed by atoms with E-state index in [2.05, 4.69) is 11.7 Å². The van der Waals surface area contributed by atoms with Crippen molar-refractivity contribution in [1.82, 2.24) is 9.78 Å². The van der Waals surface area contributed by atoms with Gasteiger partial charge >= 0.3 is 7.12 Å². The molecule has 27 heavy (non-hydrogen) atoms. The average molecular weight is 374 g/mol. The van der Waals surface area contributed by atoms with Crippen LogP contribution in [0.1, 0.15) is 48.5 Å². The largest absolute Gasteiger partial charge is 0.498 e. The molecular formula is C21H35BN2O3. The van der Waals surface area contributed by atoms with Crippen LogP contribution in [0.15, 0.2) is 48.8 Å². The molecule has 0 aliphatic carbocycles. The minimum atomic E-state index is -0.379. The number of nitrogens with zero attached hydrogens (tertiary/aromatic N) is 2. The van der Waals surface area contributed by atoms with E-state index in [1.54, 1.807) is 6.20 Å². The first-order chi connectivity index (χ1) is 12.8. The van der Waals surface area contributed by atoms with Crippen LogP contribution in [0.4, 0.5) is 0 Å². The molecule has 150 valence electrons. The summed E-state index contributed by atoms with van der Waals surface area (Å²) in [5, 5.41) is 4.37. The predicted molar refractivity (Wildman–Crippen MR) is 113 cm³/mol. The minimum absolute atomic E-state index is 0.344. The fourth-order valence-corrected chi connectivity index (χ4v) is 2.35. The van der Waals surface area contributed by atoms with E-state index in [0.717, 1.165) is 11.0 Å². The van der Waals surface area contributed by atoms with Crippen molar-refractivity contribution < 1.29 is 14.0 Å². The van der Waals surface area contributed by atoms with Gasteiger partial charge in [0.1, 0.15) is 0 Å². The Balaban J connectivity index is 0.00000176. The molecule has 0 aromatic carbocycles. The normalized spacial score (nSPS) is 18.5. The van der Waals surface area contributed by atoms with Crippen molar-refractivity contribution in [3.8, 4) is 0 Å². The Labute approximate surface area is 165 Å². The van der Waals surface area contributed by atoms with Gasteiger partial charge in [0.15, 0.2) is 0 Å². The predicted octanol–water partition coefficient (Wildman–Crippen LogP) is 3.91. The topological polar surface area (TPSA) is 45.5 Å². The van der Waals surface area contributed by atoms with Crippen molar-refractivity contribution in [3.05, 3.63) is 48.8 Å². The molecule has 0 bridgehead atoms. The summed E-state index contributed by atoms with van der Waals surface area (Å²) in [4.78, 5) is 0. The molecule has 0 N–H and O–H groups in total. The highest BCUT2D eigenvalue weighted by atomic mass is 16.7. The van der Waals surface area contributed by atoms with Crippen LogP contribution in [-0.2, 0) is 20.6 Å². The van der Waals surface area contributed by atoms with E-state index in [-0.39, 0.29) is 18.3 Å². The standard InChI is InChI=1S/C19H29BN2O3.C2H6/c1-7-9-10-16(8-2)15-23-12-11-22-14-17(13-21-22)20-24-18(3,4)19(5,6)25-20;1-2/h7-10,13-14H,2,11-12,15H2,1,3-6H3;1-2H3/b9-7-,16-10+;. The number of allylic oxidation sites excluding steroid dienone is 3. The summed E-state index contributed by atoms with van der Waals surface area (Å²) in [7, 11) is -0.379. The molecule has 0 saturated carbocycles. The summed E-state index contributed by atoms with van der Waals surface area (Å²) in [6.07, 6.45) is 11.5. The molecule has 1 aliphatic rings. The summed E-state index contributed by atoms with van der Waals surface area (Å²) in [5.41, 5.74) is 1.29. The fraction of sp³-hybridized carbons (Fsp3) is 0.571. The Morgan fingerprint density at radius 2 is 1.89 bits per heavy atom. The Morgan fingerprint density at radius 3 is 2.44 bits per heavy atom. The Morgan fingerprint density at radius 1 is 1.26 bits per heavy atom. The third kappa shape index (κ3) is 6.49. The Hall–Kier alpha value is -1.63. The maximum absolute atomic E-state index is 6.04. The number of hydrogen-bond acceptors (Lipinski definition) is 4. The molecule has 1 aromatic rings. The van der Waals surface area contributed by atoms with Crippen LogP contribution >= 0.6 is 0 Å². The van der Waals surface area contributed by atoms with E-state index >= 15 is 0 Å². The van der Waals surface area contributed by atoms with Crippen LogP contribution in [0.3, 0.4) is 0 Å². The van der Waals surface area contributed by atoms with Crippen molar-refractivity contribution in [2.24, 2.45) is 0 Å². The van der Waals surface area contributed by atoms with E-state index < -0.39 is 0 Å². The van der Waals surface area contributed by atoms with Gasteiger partial charge in [0, 0.05) is 17.9 Å². The van der Waals surface area contributed by atoms with Gasteiger partial charge in [0.05, 0.1) is 31.0 Å². The van der Waals surface area contributed by atoms with E-state index in [9.17, 15) is 0 Å². The highest BCUT2D eigenvalue weighted by Crippen LogP contribution is 2.36. The summed E-state index contributed by atoms with van der Waals surface area (Å²) < 4.78 is 19.6. The molecule has 5 nitrogen and oxygen atoms in total. The summed E-state index contributed by atoms with van der Waals surface area (Å²) in [6.45, 7) is 19.7. The number of ether oxygens (including phenoxy) is 1. The number of rotatable bonds is 8. The molecule has 1 aromatic heterocycles. The monoisotopic (exact) mass is 374 g/mol. The van der Waals surface area contributed by atoms with Crippen molar-refractivity contribution >= 4 is 12.6 Å². The second-order valence-corrected chi connectivity index (χ2v) is 7.15. The van der Waals surface area contributed by atoms with Gasteiger partial charge in [-0.1, -0.05) is 44.7 Å². The average Bonchev–Trinajstić information content (AvgIpc) is 3.18. The van der Waals surface area contributed by atoms with Crippen LogP contribution < -0.4 is 5.46 Å². The third-order valence-corrected chi connectivity index (χ3v) is 4.68. The van der Waals surface area contributed by atoms with Gasteiger partial charge in [-0.05, 0) is 40.2 Å². The zero-order chi connectivity index (χ0) is 20.5. The van der Waals surface area contributed by atoms with Crippen LogP contribution in [0.5, 0.6) is 0 Å². The maximum Gasteiger partial charge on any atom is 0.498 e. The van der Waals surface area contributed by atoms with Gasteiger partial charge in [-0.2, -0.15) is 5.10 Å². The van der Waals surface area contributed by atoms with Crippen LogP contribution in [0.2, 0.25) is 0 Å². The maximum atomic E-state index is 6.04. The molecule has 0 spiro atoms. The third-order valence-electron chi connectivity index (χ3n) is 4.68. The van der Waals surface area contributed by atoms with Crippen molar-refractivity contribution in [2.45, 2.75) is 66.2 Å². The second kappa shape index (κ2) is 10.6. The van der Waals surface area contributed by atoms with Gasteiger partial charge in [-0.15, -0.1) is 0 Å². The Kier molecular flexibility index (Phi) is 9.23. The summed E-state index contributed by atoms with van der Waals surface area (Å²) in [6, 6.07) is 0. The molecule has 0 unspecified atom stereocenters. The number of aromatic nitrogens is 2.